The Morgan fingerprint density at radius 2 is 2.29 bits per heavy atom. The Kier molecular flexibility index (Phi) is 3.95. The fourth-order valence-corrected chi connectivity index (χ4v) is 1.21. The van der Waals surface area contributed by atoms with Crippen LogP contribution in [0.1, 0.15) is 20.8 Å². The van der Waals surface area contributed by atoms with E-state index in [9.17, 15) is 0 Å². The van der Waals surface area contributed by atoms with Crippen molar-refractivity contribution in [1.82, 2.24) is 9.78 Å². The quantitative estimate of drug-likeness (QED) is 0.773. The van der Waals surface area contributed by atoms with E-state index in [1.54, 1.807) is 6.20 Å². The van der Waals surface area contributed by atoms with Crippen LogP contribution in [0.5, 0.6) is 5.75 Å². The Labute approximate surface area is 85.0 Å². The average Bonchev–Trinajstić information content (AvgIpc) is 2.61. The van der Waals surface area contributed by atoms with Gasteiger partial charge in [-0.2, -0.15) is 5.10 Å². The first-order valence-corrected chi connectivity index (χ1v) is 5.06. The summed E-state index contributed by atoms with van der Waals surface area (Å²) in [5.74, 6) is 1.22. The molecule has 1 rings (SSSR count). The van der Waals surface area contributed by atoms with Crippen molar-refractivity contribution in [3.63, 3.8) is 0 Å². The normalized spacial score (nSPS) is 13.2. The van der Waals surface area contributed by atoms with E-state index in [2.05, 4.69) is 18.9 Å². The molecular formula is C10H19N3O. The van der Waals surface area contributed by atoms with Crippen molar-refractivity contribution in [2.24, 2.45) is 11.7 Å². The zero-order valence-corrected chi connectivity index (χ0v) is 9.10. The van der Waals surface area contributed by atoms with Crippen LogP contribution in [0.25, 0.3) is 0 Å². The standard InChI is InChI=1S/C10H19N3O/c1-4-13-7-9(6-12-13)14-10(5-11)8(2)3/h6-8,10H,4-5,11H2,1-3H3. The maximum Gasteiger partial charge on any atom is 0.157 e. The number of hydrogen-bond donors (Lipinski definition) is 1. The summed E-state index contributed by atoms with van der Waals surface area (Å²) in [6.07, 6.45) is 3.70. The third-order valence-electron chi connectivity index (χ3n) is 2.20. The maximum absolute atomic E-state index is 5.70. The minimum atomic E-state index is 0.0736. The van der Waals surface area contributed by atoms with Crippen LogP contribution in [0.4, 0.5) is 0 Å². The van der Waals surface area contributed by atoms with Gasteiger partial charge in [0.05, 0.1) is 12.4 Å². The van der Waals surface area contributed by atoms with Crippen LogP contribution in [0.3, 0.4) is 0 Å². The molecule has 2 N–H and O–H groups in total. The number of aromatic nitrogens is 2. The van der Waals surface area contributed by atoms with Gasteiger partial charge in [0.15, 0.2) is 5.75 Å². The zero-order valence-electron chi connectivity index (χ0n) is 9.10. The fourth-order valence-electron chi connectivity index (χ4n) is 1.21. The first-order chi connectivity index (χ1) is 6.67. The lowest BCUT2D eigenvalue weighted by Crippen LogP contribution is -2.31. The first-order valence-electron chi connectivity index (χ1n) is 5.06. The van der Waals surface area contributed by atoms with Crippen molar-refractivity contribution in [3.8, 4) is 5.75 Å². The van der Waals surface area contributed by atoms with Gasteiger partial charge in [-0.25, -0.2) is 0 Å². The van der Waals surface area contributed by atoms with Crippen LogP contribution in [0.15, 0.2) is 12.4 Å². The second kappa shape index (κ2) is 5.00. The molecule has 14 heavy (non-hydrogen) atoms. The van der Waals surface area contributed by atoms with Gasteiger partial charge < -0.3 is 10.5 Å². The van der Waals surface area contributed by atoms with Gasteiger partial charge in [0.1, 0.15) is 6.10 Å². The monoisotopic (exact) mass is 197 g/mol. The molecule has 0 spiro atoms. The van der Waals surface area contributed by atoms with Crippen LogP contribution in [-0.2, 0) is 6.54 Å². The molecule has 80 valence electrons. The van der Waals surface area contributed by atoms with Crippen LogP contribution in [0.2, 0.25) is 0 Å². The average molecular weight is 197 g/mol. The van der Waals surface area contributed by atoms with Gasteiger partial charge in [0.25, 0.3) is 0 Å². The molecule has 4 heteroatoms. The molecule has 4 nitrogen and oxygen atoms in total. The van der Waals surface area contributed by atoms with Crippen LogP contribution >= 0.6 is 0 Å². The largest absolute Gasteiger partial charge is 0.486 e. The number of nitrogens with zero attached hydrogens (tertiary/aromatic N) is 2. The molecule has 1 heterocycles. The summed E-state index contributed by atoms with van der Waals surface area (Å²) < 4.78 is 7.54. The Balaban J connectivity index is 2.57. The Morgan fingerprint density at radius 1 is 1.57 bits per heavy atom. The molecule has 0 saturated heterocycles. The predicted octanol–water partition coefficient (Wildman–Crippen LogP) is 1.27. The highest BCUT2D eigenvalue weighted by atomic mass is 16.5. The van der Waals surface area contributed by atoms with Crippen molar-refractivity contribution in [2.75, 3.05) is 6.54 Å². The molecule has 0 fully saturated rings. The predicted molar refractivity (Wildman–Crippen MR) is 56.2 cm³/mol. The molecule has 0 aromatic carbocycles. The van der Waals surface area contributed by atoms with Gasteiger partial charge in [-0.15, -0.1) is 0 Å². The van der Waals surface area contributed by atoms with Gasteiger partial charge in [-0.1, -0.05) is 13.8 Å². The summed E-state index contributed by atoms with van der Waals surface area (Å²) in [5.41, 5.74) is 5.61. The summed E-state index contributed by atoms with van der Waals surface area (Å²) >= 11 is 0. The Hall–Kier alpha value is -1.03. The molecule has 1 aromatic heterocycles. The number of aryl methyl sites for hydroxylation is 1. The van der Waals surface area contributed by atoms with Crippen LogP contribution < -0.4 is 10.5 Å². The van der Waals surface area contributed by atoms with Gasteiger partial charge >= 0.3 is 0 Å². The number of rotatable bonds is 5. The maximum atomic E-state index is 5.70. The van der Waals surface area contributed by atoms with Crippen molar-refractivity contribution in [1.29, 1.82) is 0 Å². The smallest absolute Gasteiger partial charge is 0.157 e. The molecule has 1 unspecified atom stereocenters. The van der Waals surface area contributed by atoms with E-state index in [-0.39, 0.29) is 6.10 Å². The van der Waals surface area contributed by atoms with Gasteiger partial charge in [-0.05, 0) is 12.8 Å². The van der Waals surface area contributed by atoms with Gasteiger partial charge in [0.2, 0.25) is 0 Å². The van der Waals surface area contributed by atoms with E-state index in [1.807, 2.05) is 17.8 Å². The van der Waals surface area contributed by atoms with E-state index in [0.717, 1.165) is 12.3 Å². The number of hydrogen-bond acceptors (Lipinski definition) is 3. The number of nitrogens with two attached hydrogens (primary N) is 1. The van der Waals surface area contributed by atoms with Crippen LogP contribution in [-0.4, -0.2) is 22.4 Å². The minimum absolute atomic E-state index is 0.0736. The second-order valence-corrected chi connectivity index (χ2v) is 3.67. The van der Waals surface area contributed by atoms with E-state index in [4.69, 9.17) is 10.5 Å². The number of ether oxygens (including phenoxy) is 1. The summed E-state index contributed by atoms with van der Waals surface area (Å²) in [5, 5.41) is 4.13. The van der Waals surface area contributed by atoms with Crippen molar-refractivity contribution in [3.05, 3.63) is 12.4 Å². The Bertz CT molecular complexity index is 270. The summed E-state index contributed by atoms with van der Waals surface area (Å²) in [6.45, 7) is 7.64. The Morgan fingerprint density at radius 3 is 2.71 bits per heavy atom. The van der Waals surface area contributed by atoms with Crippen molar-refractivity contribution in [2.45, 2.75) is 33.4 Å². The first kappa shape index (κ1) is 11.0. The zero-order chi connectivity index (χ0) is 10.6. The highest BCUT2D eigenvalue weighted by Gasteiger charge is 2.13. The topological polar surface area (TPSA) is 53.1 Å². The third-order valence-corrected chi connectivity index (χ3v) is 2.20. The van der Waals surface area contributed by atoms with Crippen LogP contribution in [0, 0.1) is 5.92 Å². The molecule has 1 aromatic rings. The van der Waals surface area contributed by atoms with Crippen molar-refractivity contribution >= 4 is 0 Å². The van der Waals surface area contributed by atoms with Gasteiger partial charge in [-0.3, -0.25) is 4.68 Å². The fraction of sp³-hybridized carbons (Fsp3) is 0.700. The molecular weight excluding hydrogens is 178 g/mol. The lowest BCUT2D eigenvalue weighted by Gasteiger charge is -2.19. The summed E-state index contributed by atoms with van der Waals surface area (Å²) in [6, 6.07) is 0. The SMILES string of the molecule is CCn1cc(OC(CN)C(C)C)cn1. The van der Waals surface area contributed by atoms with Gasteiger partial charge in [0, 0.05) is 13.1 Å². The third kappa shape index (κ3) is 2.73. The summed E-state index contributed by atoms with van der Waals surface area (Å²) in [4.78, 5) is 0. The van der Waals surface area contributed by atoms with E-state index < -0.39 is 0 Å². The minimum Gasteiger partial charge on any atom is -0.486 e. The molecule has 1 atom stereocenters. The molecule has 0 aliphatic heterocycles. The van der Waals surface area contributed by atoms with Crippen molar-refractivity contribution < 1.29 is 4.74 Å². The molecule has 0 amide bonds. The lowest BCUT2D eigenvalue weighted by atomic mass is 10.1. The highest BCUT2D eigenvalue weighted by molar-refractivity contribution is 5.12. The van der Waals surface area contributed by atoms with E-state index in [1.165, 1.54) is 0 Å². The lowest BCUT2D eigenvalue weighted by molar-refractivity contribution is 0.159. The van der Waals surface area contributed by atoms with E-state index >= 15 is 0 Å². The second-order valence-electron chi connectivity index (χ2n) is 3.67. The molecule has 0 radical (unpaired) electrons. The highest BCUT2D eigenvalue weighted by Crippen LogP contribution is 2.14. The molecule has 0 saturated carbocycles. The molecule has 0 aliphatic carbocycles. The van der Waals surface area contributed by atoms with E-state index in [0.29, 0.717) is 12.5 Å². The molecule has 0 aliphatic rings. The molecule has 0 bridgehead atoms. The summed E-state index contributed by atoms with van der Waals surface area (Å²) in [7, 11) is 0.